The number of benzene rings is 2. The van der Waals surface area contributed by atoms with Crippen molar-refractivity contribution in [2.75, 3.05) is 38.2 Å². The lowest BCUT2D eigenvalue weighted by Gasteiger charge is -2.37. The van der Waals surface area contributed by atoms with E-state index in [-0.39, 0.29) is 37.2 Å². The minimum absolute atomic E-state index is 0. The number of anilines is 1. The third-order valence-electron chi connectivity index (χ3n) is 5.49. The lowest BCUT2D eigenvalue weighted by molar-refractivity contribution is 0.0593. The average Bonchev–Trinajstić information content (AvgIpc) is 3.19. The zero-order valence-corrected chi connectivity index (χ0v) is 20.1. The highest BCUT2D eigenvalue weighted by atomic mass is 35.5. The maximum absolute atomic E-state index is 13.2. The quantitative estimate of drug-likeness (QED) is 0.501. The lowest BCUT2D eigenvalue weighted by Crippen LogP contribution is -2.46. The number of hydrogen-bond donors (Lipinski definition) is 1. The lowest BCUT2D eigenvalue weighted by atomic mass is 10.0. The minimum atomic E-state index is -0.957. The molecule has 1 aliphatic rings. The molecule has 2 heterocycles. The normalized spacial score (nSPS) is 15.6. The maximum Gasteiger partial charge on any atom is 0.186 e. The fourth-order valence-electron chi connectivity index (χ4n) is 3.77. The summed E-state index contributed by atoms with van der Waals surface area (Å²) in [5, 5.41) is 11.3. The summed E-state index contributed by atoms with van der Waals surface area (Å²) >= 11 is 1.71. The average molecular weight is 506 g/mol. The molecule has 0 radical (unpaired) electrons. The van der Waals surface area contributed by atoms with Gasteiger partial charge in [0.15, 0.2) is 16.8 Å². The van der Waals surface area contributed by atoms with Crippen molar-refractivity contribution in [1.29, 1.82) is 0 Å². The maximum atomic E-state index is 13.2. The highest BCUT2D eigenvalue weighted by Gasteiger charge is 2.25. The number of likely N-dealkylation sites (tertiary alicyclic amines) is 1. The van der Waals surface area contributed by atoms with E-state index >= 15 is 0 Å². The van der Waals surface area contributed by atoms with Crippen LogP contribution in [-0.2, 0) is 0 Å². The molecule has 176 valence electrons. The van der Waals surface area contributed by atoms with Crippen LogP contribution < -0.4 is 9.64 Å². The monoisotopic (exact) mass is 505 g/mol. The second kappa shape index (κ2) is 12.0. The minimum Gasteiger partial charge on any atom is -0.491 e. The van der Waals surface area contributed by atoms with E-state index in [1.54, 1.807) is 11.3 Å². The molecule has 1 N–H and O–H groups in total. The Morgan fingerprint density at radius 3 is 2.56 bits per heavy atom. The van der Waals surface area contributed by atoms with Crippen LogP contribution in [0.5, 0.6) is 5.75 Å². The summed E-state index contributed by atoms with van der Waals surface area (Å²) in [7, 11) is 2.10. The fraction of sp³-hybridized carbons (Fsp3) is 0.409. The van der Waals surface area contributed by atoms with Crippen LogP contribution in [0.25, 0.3) is 10.2 Å². The Morgan fingerprint density at radius 2 is 1.88 bits per heavy atom. The first-order chi connectivity index (χ1) is 14.5. The Bertz CT molecular complexity index is 969. The van der Waals surface area contributed by atoms with Crippen LogP contribution >= 0.6 is 36.2 Å². The first kappa shape index (κ1) is 26.5. The van der Waals surface area contributed by atoms with Gasteiger partial charge in [-0.1, -0.05) is 23.5 Å². The molecule has 0 saturated carbocycles. The second-order valence-corrected chi connectivity index (χ2v) is 8.66. The molecule has 4 rings (SSSR count). The van der Waals surface area contributed by atoms with E-state index in [9.17, 15) is 13.9 Å². The SMILES string of the molecule is CN(c1nc2ccccc2s1)C1CCN(CC(O)COc2ccc(F)c(F)c2)CC1.Cl.Cl. The molecule has 1 aliphatic heterocycles. The molecule has 2 aromatic carbocycles. The molecule has 1 atom stereocenters. The molecule has 0 bridgehead atoms. The van der Waals surface area contributed by atoms with Gasteiger partial charge in [0.1, 0.15) is 18.5 Å². The Kier molecular flexibility index (Phi) is 9.91. The van der Waals surface area contributed by atoms with Crippen LogP contribution in [0.15, 0.2) is 42.5 Å². The highest BCUT2D eigenvalue weighted by molar-refractivity contribution is 7.22. The van der Waals surface area contributed by atoms with Crippen LogP contribution in [0, 0.1) is 11.6 Å². The molecule has 0 aliphatic carbocycles. The number of halogens is 4. The Balaban J connectivity index is 0.00000181. The smallest absolute Gasteiger partial charge is 0.186 e. The number of β-amino-alcohol motifs (C(OH)–C–C–N with tert-alkyl or cyclic N) is 1. The molecule has 1 unspecified atom stereocenters. The number of ether oxygens (including phenoxy) is 1. The van der Waals surface area contributed by atoms with Gasteiger partial charge >= 0.3 is 0 Å². The number of piperidine rings is 1. The predicted molar refractivity (Wildman–Crippen MR) is 130 cm³/mol. The van der Waals surface area contributed by atoms with E-state index in [0.29, 0.717) is 12.6 Å². The second-order valence-electron chi connectivity index (χ2n) is 7.65. The van der Waals surface area contributed by atoms with E-state index in [2.05, 4.69) is 22.9 Å². The third kappa shape index (κ3) is 6.42. The Labute approximate surface area is 202 Å². The summed E-state index contributed by atoms with van der Waals surface area (Å²) in [6.45, 7) is 2.28. The molecule has 0 amide bonds. The van der Waals surface area contributed by atoms with Crippen molar-refractivity contribution in [1.82, 2.24) is 9.88 Å². The van der Waals surface area contributed by atoms with Crippen molar-refractivity contribution in [2.45, 2.75) is 25.0 Å². The number of aliphatic hydroxyl groups is 1. The van der Waals surface area contributed by atoms with Gasteiger partial charge in [-0.3, -0.25) is 0 Å². The van der Waals surface area contributed by atoms with Crippen molar-refractivity contribution >= 4 is 51.5 Å². The fourth-order valence-corrected chi connectivity index (χ4v) is 4.76. The van der Waals surface area contributed by atoms with Crippen molar-refractivity contribution in [3.05, 3.63) is 54.1 Å². The predicted octanol–water partition coefficient (Wildman–Crippen LogP) is 4.76. The zero-order valence-electron chi connectivity index (χ0n) is 17.6. The van der Waals surface area contributed by atoms with Crippen LogP contribution in [-0.4, -0.2) is 60.4 Å². The van der Waals surface area contributed by atoms with E-state index in [0.717, 1.165) is 48.7 Å². The molecule has 1 aromatic heterocycles. The molecule has 1 saturated heterocycles. The number of aromatic nitrogens is 1. The number of fused-ring (bicyclic) bond motifs is 1. The van der Waals surface area contributed by atoms with Crippen molar-refractivity contribution in [3.8, 4) is 5.75 Å². The van der Waals surface area contributed by atoms with Crippen LogP contribution in [0.2, 0.25) is 0 Å². The summed E-state index contributed by atoms with van der Waals surface area (Å²) in [4.78, 5) is 9.22. The van der Waals surface area contributed by atoms with Gasteiger partial charge in [0.2, 0.25) is 0 Å². The molecule has 32 heavy (non-hydrogen) atoms. The van der Waals surface area contributed by atoms with Crippen LogP contribution in [0.1, 0.15) is 12.8 Å². The molecule has 10 heteroatoms. The van der Waals surface area contributed by atoms with Gasteiger partial charge in [0.05, 0.1) is 10.2 Å². The van der Waals surface area contributed by atoms with Crippen LogP contribution in [0.4, 0.5) is 13.9 Å². The molecular weight excluding hydrogens is 479 g/mol. The van der Waals surface area contributed by atoms with E-state index in [1.165, 1.54) is 10.8 Å². The summed E-state index contributed by atoms with van der Waals surface area (Å²) in [6, 6.07) is 11.9. The summed E-state index contributed by atoms with van der Waals surface area (Å²) < 4.78 is 32.8. The number of hydrogen-bond acceptors (Lipinski definition) is 6. The topological polar surface area (TPSA) is 48.8 Å². The molecular formula is C22H27Cl2F2N3O2S. The summed E-state index contributed by atoms with van der Waals surface area (Å²) in [6.07, 6.45) is 1.28. The van der Waals surface area contributed by atoms with Gasteiger partial charge in [-0.05, 0) is 37.1 Å². The van der Waals surface area contributed by atoms with Gasteiger partial charge in [-0.15, -0.1) is 24.8 Å². The number of rotatable bonds is 7. The Hall–Kier alpha value is -1.71. The third-order valence-corrected chi connectivity index (χ3v) is 6.62. The van der Waals surface area contributed by atoms with Crippen molar-refractivity contribution in [3.63, 3.8) is 0 Å². The largest absolute Gasteiger partial charge is 0.491 e. The van der Waals surface area contributed by atoms with Crippen LogP contribution in [0.3, 0.4) is 0 Å². The van der Waals surface area contributed by atoms with Crippen molar-refractivity contribution in [2.24, 2.45) is 0 Å². The first-order valence-electron chi connectivity index (χ1n) is 10.1. The molecule has 3 aromatic rings. The van der Waals surface area contributed by atoms with E-state index in [1.807, 2.05) is 18.2 Å². The first-order valence-corrected chi connectivity index (χ1v) is 10.9. The van der Waals surface area contributed by atoms with E-state index in [4.69, 9.17) is 9.72 Å². The summed E-state index contributed by atoms with van der Waals surface area (Å²) in [5.74, 6) is -1.66. The standard InChI is InChI=1S/C22H25F2N3O2S.2ClH/c1-26(22-25-20-4-2-3-5-21(20)30-22)15-8-10-27(11-9-15)13-16(28)14-29-17-6-7-18(23)19(24)12-17;;/h2-7,12,15-16,28H,8-11,13-14H2,1H3;2*1H. The number of aliphatic hydroxyl groups excluding tert-OH is 1. The van der Waals surface area contributed by atoms with E-state index < -0.39 is 17.7 Å². The Morgan fingerprint density at radius 1 is 1.16 bits per heavy atom. The van der Waals surface area contributed by atoms with Gasteiger partial charge in [0, 0.05) is 38.8 Å². The highest BCUT2D eigenvalue weighted by Crippen LogP contribution is 2.30. The van der Waals surface area contributed by atoms with Gasteiger partial charge in [-0.2, -0.15) is 0 Å². The van der Waals surface area contributed by atoms with Gasteiger partial charge in [0.25, 0.3) is 0 Å². The zero-order chi connectivity index (χ0) is 21.1. The molecule has 5 nitrogen and oxygen atoms in total. The van der Waals surface area contributed by atoms with Gasteiger partial charge in [-0.25, -0.2) is 13.8 Å². The van der Waals surface area contributed by atoms with Gasteiger partial charge < -0.3 is 19.6 Å². The summed E-state index contributed by atoms with van der Waals surface area (Å²) in [5.41, 5.74) is 1.03. The van der Waals surface area contributed by atoms with Crippen molar-refractivity contribution < 1.29 is 18.6 Å². The molecule has 0 spiro atoms. The number of nitrogens with zero attached hydrogens (tertiary/aromatic N) is 3. The number of thiazole rings is 1. The number of para-hydroxylation sites is 1. The molecule has 1 fully saturated rings.